The normalized spacial score (nSPS) is 10.5. The van der Waals surface area contributed by atoms with Crippen molar-refractivity contribution in [3.8, 4) is 5.75 Å². The van der Waals surface area contributed by atoms with Crippen LogP contribution in [0.1, 0.15) is 12.5 Å². The maximum absolute atomic E-state index is 13.1. The van der Waals surface area contributed by atoms with Gasteiger partial charge in [0.05, 0.1) is 15.4 Å². The van der Waals surface area contributed by atoms with E-state index in [0.717, 1.165) is 5.19 Å². The van der Waals surface area contributed by atoms with Crippen molar-refractivity contribution in [3.63, 3.8) is 0 Å². The molecular formula is C12H14F3OSi. The van der Waals surface area contributed by atoms with Gasteiger partial charge < -0.3 is 4.74 Å². The SMILES string of the molecule is CCOc1ccc(C(F)=C(F)F)cc1[Si](C)C. The van der Waals surface area contributed by atoms with E-state index >= 15 is 0 Å². The van der Waals surface area contributed by atoms with Crippen molar-refractivity contribution in [3.05, 3.63) is 29.8 Å². The number of ether oxygens (including phenoxy) is 1. The molecule has 0 amide bonds. The summed E-state index contributed by atoms with van der Waals surface area (Å²) < 4.78 is 42.9. The minimum atomic E-state index is -2.29. The van der Waals surface area contributed by atoms with E-state index in [1.807, 2.05) is 20.0 Å². The molecule has 5 heteroatoms. The Morgan fingerprint density at radius 1 is 1.24 bits per heavy atom. The molecule has 0 fully saturated rings. The van der Waals surface area contributed by atoms with E-state index < -0.39 is 20.7 Å². The van der Waals surface area contributed by atoms with Crippen molar-refractivity contribution in [2.45, 2.75) is 20.0 Å². The second kappa shape index (κ2) is 5.91. The highest BCUT2D eigenvalue weighted by Crippen LogP contribution is 2.23. The second-order valence-electron chi connectivity index (χ2n) is 3.72. The van der Waals surface area contributed by atoms with Crippen LogP contribution in [0.4, 0.5) is 13.2 Å². The highest BCUT2D eigenvalue weighted by atomic mass is 28.3. The Morgan fingerprint density at radius 3 is 2.35 bits per heavy atom. The van der Waals surface area contributed by atoms with Crippen LogP contribution in [0.15, 0.2) is 24.3 Å². The molecule has 1 radical (unpaired) electrons. The van der Waals surface area contributed by atoms with E-state index in [1.54, 1.807) is 6.07 Å². The lowest BCUT2D eigenvalue weighted by Gasteiger charge is -2.13. The molecule has 0 heterocycles. The van der Waals surface area contributed by atoms with Crippen LogP contribution in [0.25, 0.3) is 5.83 Å². The van der Waals surface area contributed by atoms with Crippen LogP contribution >= 0.6 is 0 Å². The Balaban J connectivity index is 3.23. The molecule has 0 saturated carbocycles. The third-order valence-corrected chi connectivity index (χ3v) is 3.71. The largest absolute Gasteiger partial charge is 0.494 e. The van der Waals surface area contributed by atoms with Gasteiger partial charge in [0.1, 0.15) is 5.75 Å². The van der Waals surface area contributed by atoms with Crippen molar-refractivity contribution < 1.29 is 17.9 Å². The van der Waals surface area contributed by atoms with Crippen molar-refractivity contribution in [1.82, 2.24) is 0 Å². The highest BCUT2D eigenvalue weighted by molar-refractivity contribution is 6.71. The third-order valence-electron chi connectivity index (χ3n) is 2.24. The predicted molar refractivity (Wildman–Crippen MR) is 65.0 cm³/mol. The van der Waals surface area contributed by atoms with Gasteiger partial charge in [-0.25, -0.2) is 4.39 Å². The van der Waals surface area contributed by atoms with E-state index in [2.05, 4.69) is 0 Å². The fourth-order valence-electron chi connectivity index (χ4n) is 1.45. The van der Waals surface area contributed by atoms with Crippen molar-refractivity contribution in [1.29, 1.82) is 0 Å². The number of hydrogen-bond donors (Lipinski definition) is 0. The molecule has 17 heavy (non-hydrogen) atoms. The zero-order valence-corrected chi connectivity index (χ0v) is 11.0. The molecule has 0 spiro atoms. The van der Waals surface area contributed by atoms with E-state index in [0.29, 0.717) is 12.4 Å². The van der Waals surface area contributed by atoms with Crippen molar-refractivity contribution in [2.75, 3.05) is 6.61 Å². The van der Waals surface area contributed by atoms with Crippen LogP contribution in [0.5, 0.6) is 5.75 Å². The molecule has 1 aromatic carbocycles. The summed E-state index contributed by atoms with van der Waals surface area (Å²) in [6.07, 6.45) is -2.29. The van der Waals surface area contributed by atoms with Gasteiger partial charge in [0, 0.05) is 5.56 Å². The van der Waals surface area contributed by atoms with Crippen molar-refractivity contribution in [2.24, 2.45) is 0 Å². The van der Waals surface area contributed by atoms with Gasteiger partial charge in [-0.15, -0.1) is 0 Å². The fraction of sp³-hybridized carbons (Fsp3) is 0.333. The van der Waals surface area contributed by atoms with Gasteiger partial charge in [-0.3, -0.25) is 0 Å². The van der Waals surface area contributed by atoms with Crippen LogP contribution in [0.2, 0.25) is 13.1 Å². The first-order valence-electron chi connectivity index (χ1n) is 5.25. The zero-order chi connectivity index (χ0) is 13.0. The molecule has 0 aromatic heterocycles. The van der Waals surface area contributed by atoms with E-state index in [-0.39, 0.29) is 5.56 Å². The quantitative estimate of drug-likeness (QED) is 0.751. The monoisotopic (exact) mass is 259 g/mol. The summed E-state index contributed by atoms with van der Waals surface area (Å²) in [6.45, 7) is 6.34. The van der Waals surface area contributed by atoms with E-state index in [1.165, 1.54) is 12.1 Å². The molecule has 0 unspecified atom stereocenters. The summed E-state index contributed by atoms with van der Waals surface area (Å²) in [5.41, 5.74) is -0.0883. The zero-order valence-electron chi connectivity index (χ0n) is 9.98. The maximum atomic E-state index is 13.1. The number of benzene rings is 1. The number of halogens is 3. The number of rotatable bonds is 4. The molecule has 1 aromatic rings. The summed E-state index contributed by atoms with van der Waals surface area (Å²) >= 11 is 0. The Labute approximate surface area is 101 Å². The Bertz CT molecular complexity index is 426. The highest BCUT2D eigenvalue weighted by Gasteiger charge is 2.14. The van der Waals surface area contributed by atoms with Crippen LogP contribution in [-0.2, 0) is 0 Å². The summed E-state index contributed by atoms with van der Waals surface area (Å²) in [6, 6.07) is 4.32. The van der Waals surface area contributed by atoms with Gasteiger partial charge in [-0.2, -0.15) is 8.78 Å². The van der Waals surface area contributed by atoms with Gasteiger partial charge >= 0.3 is 6.08 Å². The molecule has 0 aliphatic rings. The lowest BCUT2D eigenvalue weighted by Crippen LogP contribution is -2.25. The Kier molecular flexibility index (Phi) is 4.81. The second-order valence-corrected chi connectivity index (χ2v) is 6.26. The molecule has 0 saturated heterocycles. The minimum Gasteiger partial charge on any atom is -0.494 e. The molecule has 0 aliphatic carbocycles. The lowest BCUT2D eigenvalue weighted by atomic mass is 10.2. The molecule has 0 bridgehead atoms. The first kappa shape index (κ1) is 13.8. The topological polar surface area (TPSA) is 9.23 Å². The average molecular weight is 259 g/mol. The molecule has 1 nitrogen and oxygen atoms in total. The van der Waals surface area contributed by atoms with Crippen LogP contribution in [-0.4, -0.2) is 15.4 Å². The third kappa shape index (κ3) is 3.36. The smallest absolute Gasteiger partial charge is 0.306 e. The molecule has 1 rings (SSSR count). The van der Waals surface area contributed by atoms with E-state index in [4.69, 9.17) is 4.74 Å². The van der Waals surface area contributed by atoms with Crippen LogP contribution < -0.4 is 9.92 Å². The van der Waals surface area contributed by atoms with Crippen LogP contribution in [0, 0.1) is 0 Å². The first-order valence-corrected chi connectivity index (χ1v) is 7.75. The number of hydrogen-bond acceptors (Lipinski definition) is 1. The molecule has 93 valence electrons. The molecular weight excluding hydrogens is 245 g/mol. The summed E-state index contributed by atoms with van der Waals surface area (Å²) in [5, 5.41) is 0.825. The molecule has 0 N–H and O–H groups in total. The van der Waals surface area contributed by atoms with Gasteiger partial charge in [0.2, 0.25) is 0 Å². The van der Waals surface area contributed by atoms with E-state index in [9.17, 15) is 13.2 Å². The molecule has 0 aliphatic heterocycles. The van der Waals surface area contributed by atoms with Crippen molar-refractivity contribution >= 4 is 19.8 Å². The molecule has 0 atom stereocenters. The first-order chi connectivity index (χ1) is 7.97. The average Bonchev–Trinajstić information content (AvgIpc) is 2.28. The Hall–Kier alpha value is -1.23. The summed E-state index contributed by atoms with van der Waals surface area (Å²) in [4.78, 5) is 0. The Morgan fingerprint density at radius 2 is 1.88 bits per heavy atom. The van der Waals surface area contributed by atoms with Gasteiger partial charge in [0.25, 0.3) is 0 Å². The maximum Gasteiger partial charge on any atom is 0.306 e. The van der Waals surface area contributed by atoms with Gasteiger partial charge in [-0.05, 0) is 30.3 Å². The fourth-order valence-corrected chi connectivity index (χ4v) is 2.54. The summed E-state index contributed by atoms with van der Waals surface area (Å²) in [5.74, 6) is -0.806. The van der Waals surface area contributed by atoms with Gasteiger partial charge in [0.15, 0.2) is 5.83 Å². The minimum absolute atomic E-state index is 0.0883. The standard InChI is InChI=1S/C12H14F3OSi/c1-4-16-9-6-5-8(11(13)12(14)15)7-10(9)17(2)3/h5-7H,4H2,1-3H3. The van der Waals surface area contributed by atoms with Crippen LogP contribution in [0.3, 0.4) is 0 Å². The lowest BCUT2D eigenvalue weighted by molar-refractivity contribution is 0.343. The predicted octanol–water partition coefficient (Wildman–Crippen LogP) is 3.58. The van der Waals surface area contributed by atoms with Gasteiger partial charge in [-0.1, -0.05) is 13.1 Å². The summed E-state index contributed by atoms with van der Waals surface area (Å²) in [7, 11) is -0.903.